The molecule has 0 spiro atoms. The van der Waals surface area contributed by atoms with Crippen molar-refractivity contribution in [1.29, 1.82) is 0 Å². The predicted molar refractivity (Wildman–Crippen MR) is 56.9 cm³/mol. The average molecular weight is 197 g/mol. The second-order valence-electron chi connectivity index (χ2n) is 3.54. The number of carbonyl (C=O) groups is 1. The zero-order valence-corrected chi connectivity index (χ0v) is 8.99. The van der Waals surface area contributed by atoms with E-state index >= 15 is 0 Å². The topological polar surface area (TPSA) is 58.7 Å². The van der Waals surface area contributed by atoms with Gasteiger partial charge in [0.05, 0.1) is 11.6 Å². The van der Waals surface area contributed by atoms with Crippen molar-refractivity contribution in [3.8, 4) is 0 Å². The lowest BCUT2D eigenvalue weighted by atomic mass is 9.98. The van der Waals surface area contributed by atoms with E-state index < -0.39 is 0 Å². The number of amides is 1. The Morgan fingerprint density at radius 1 is 1.50 bits per heavy atom. The third kappa shape index (κ3) is 2.12. The number of carbonyl (C=O) groups excluding carboxylic acids is 1. The van der Waals surface area contributed by atoms with Crippen molar-refractivity contribution in [2.24, 2.45) is 16.8 Å². The molecule has 1 unspecified atom stereocenters. The van der Waals surface area contributed by atoms with E-state index in [1.165, 1.54) is 0 Å². The predicted octanol–water partition coefficient (Wildman–Crippen LogP) is 0.970. The normalized spacial score (nSPS) is 21.6. The Labute approximate surface area is 85.1 Å². The fourth-order valence-electron chi connectivity index (χ4n) is 1.74. The van der Waals surface area contributed by atoms with Crippen molar-refractivity contribution in [2.45, 2.75) is 33.1 Å². The van der Waals surface area contributed by atoms with E-state index in [0.29, 0.717) is 6.54 Å². The summed E-state index contributed by atoms with van der Waals surface area (Å²) in [5.74, 6) is 0.0886. The van der Waals surface area contributed by atoms with Crippen LogP contribution in [0.1, 0.15) is 33.1 Å². The highest BCUT2D eigenvalue weighted by molar-refractivity contribution is 6.07. The number of rotatable bonds is 5. The molecule has 0 fully saturated rings. The van der Waals surface area contributed by atoms with Crippen LogP contribution in [-0.2, 0) is 4.79 Å². The molecule has 1 atom stereocenters. The lowest BCUT2D eigenvalue weighted by Crippen LogP contribution is -2.29. The van der Waals surface area contributed by atoms with Gasteiger partial charge in [-0.3, -0.25) is 4.79 Å². The van der Waals surface area contributed by atoms with Gasteiger partial charge >= 0.3 is 0 Å². The number of nitrogens with two attached hydrogens (primary N) is 1. The highest BCUT2D eigenvalue weighted by atomic mass is 16.2. The molecule has 4 heteroatoms. The standard InChI is InChI=1S/C10H19N3O/c1-3-7-13-10(14)8(5-6-11)9(4-2)12-13/h8H,3-7,11H2,1-2H3. The van der Waals surface area contributed by atoms with Crippen LogP contribution in [0.25, 0.3) is 0 Å². The Bertz CT molecular complexity index is 238. The molecule has 1 rings (SSSR count). The minimum Gasteiger partial charge on any atom is -0.330 e. The number of hydrazone groups is 1. The molecule has 0 aromatic carbocycles. The van der Waals surface area contributed by atoms with Gasteiger partial charge < -0.3 is 5.73 Å². The highest BCUT2D eigenvalue weighted by Gasteiger charge is 2.33. The first-order valence-electron chi connectivity index (χ1n) is 5.33. The Morgan fingerprint density at radius 3 is 2.71 bits per heavy atom. The van der Waals surface area contributed by atoms with Gasteiger partial charge in [-0.15, -0.1) is 0 Å². The molecule has 1 aliphatic rings. The van der Waals surface area contributed by atoms with Gasteiger partial charge in [-0.25, -0.2) is 5.01 Å². The Morgan fingerprint density at radius 2 is 2.21 bits per heavy atom. The summed E-state index contributed by atoms with van der Waals surface area (Å²) in [5.41, 5.74) is 6.48. The van der Waals surface area contributed by atoms with Gasteiger partial charge in [-0.1, -0.05) is 13.8 Å². The van der Waals surface area contributed by atoms with Crippen LogP contribution in [0.2, 0.25) is 0 Å². The summed E-state index contributed by atoms with van der Waals surface area (Å²) in [5, 5.41) is 5.92. The lowest BCUT2D eigenvalue weighted by molar-refractivity contribution is -0.131. The molecule has 1 heterocycles. The molecule has 0 aliphatic carbocycles. The van der Waals surface area contributed by atoms with Crippen LogP contribution in [0, 0.1) is 5.92 Å². The number of hydrogen-bond acceptors (Lipinski definition) is 3. The van der Waals surface area contributed by atoms with Gasteiger partial charge in [0.1, 0.15) is 0 Å². The molecule has 4 nitrogen and oxygen atoms in total. The van der Waals surface area contributed by atoms with E-state index in [1.54, 1.807) is 5.01 Å². The molecule has 1 aliphatic heterocycles. The van der Waals surface area contributed by atoms with E-state index in [-0.39, 0.29) is 11.8 Å². The summed E-state index contributed by atoms with van der Waals surface area (Å²) in [7, 11) is 0. The quantitative estimate of drug-likeness (QED) is 0.714. The maximum Gasteiger partial charge on any atom is 0.251 e. The van der Waals surface area contributed by atoms with Crippen molar-refractivity contribution < 1.29 is 4.79 Å². The molecule has 0 aromatic heterocycles. The largest absolute Gasteiger partial charge is 0.330 e. The third-order valence-corrected chi connectivity index (χ3v) is 2.46. The van der Waals surface area contributed by atoms with Gasteiger partial charge in [0, 0.05) is 6.54 Å². The van der Waals surface area contributed by atoms with Crippen molar-refractivity contribution >= 4 is 11.6 Å². The molecular formula is C10H19N3O. The van der Waals surface area contributed by atoms with E-state index in [9.17, 15) is 4.79 Å². The summed E-state index contributed by atoms with van der Waals surface area (Å²) in [6.45, 7) is 5.36. The minimum absolute atomic E-state index is 0.0449. The van der Waals surface area contributed by atoms with E-state index in [2.05, 4.69) is 5.10 Å². The maximum absolute atomic E-state index is 11.8. The maximum atomic E-state index is 11.8. The van der Waals surface area contributed by atoms with E-state index in [1.807, 2.05) is 13.8 Å². The van der Waals surface area contributed by atoms with Crippen LogP contribution in [-0.4, -0.2) is 29.7 Å². The molecule has 0 radical (unpaired) electrons. The van der Waals surface area contributed by atoms with Crippen LogP contribution in [0.5, 0.6) is 0 Å². The van der Waals surface area contributed by atoms with Crippen molar-refractivity contribution in [3.63, 3.8) is 0 Å². The molecular weight excluding hydrogens is 178 g/mol. The monoisotopic (exact) mass is 197 g/mol. The SMILES string of the molecule is CCCN1N=C(CC)C(CCN)C1=O. The summed E-state index contributed by atoms with van der Waals surface area (Å²) in [4.78, 5) is 11.8. The summed E-state index contributed by atoms with van der Waals surface area (Å²) in [6.07, 6.45) is 2.52. The van der Waals surface area contributed by atoms with Crippen molar-refractivity contribution in [1.82, 2.24) is 5.01 Å². The second kappa shape index (κ2) is 5.10. The minimum atomic E-state index is -0.0449. The van der Waals surface area contributed by atoms with E-state index in [0.717, 1.165) is 31.5 Å². The lowest BCUT2D eigenvalue weighted by Gasteiger charge is -2.12. The summed E-state index contributed by atoms with van der Waals surface area (Å²) in [6, 6.07) is 0. The van der Waals surface area contributed by atoms with Gasteiger partial charge in [0.2, 0.25) is 0 Å². The molecule has 80 valence electrons. The molecule has 1 amide bonds. The molecule has 2 N–H and O–H groups in total. The van der Waals surface area contributed by atoms with Crippen LogP contribution in [0.15, 0.2) is 5.10 Å². The fourth-order valence-corrected chi connectivity index (χ4v) is 1.74. The van der Waals surface area contributed by atoms with Crippen LogP contribution in [0.3, 0.4) is 0 Å². The molecule has 0 aromatic rings. The van der Waals surface area contributed by atoms with Gasteiger partial charge in [-0.05, 0) is 25.8 Å². The molecule has 0 saturated heterocycles. The summed E-state index contributed by atoms with van der Waals surface area (Å²) >= 11 is 0. The Balaban J connectivity index is 2.69. The fraction of sp³-hybridized carbons (Fsp3) is 0.800. The number of hydrogen-bond donors (Lipinski definition) is 1. The zero-order chi connectivity index (χ0) is 10.6. The first-order chi connectivity index (χ1) is 6.74. The van der Waals surface area contributed by atoms with Gasteiger partial charge in [0.25, 0.3) is 5.91 Å². The smallest absolute Gasteiger partial charge is 0.251 e. The Hall–Kier alpha value is -0.900. The zero-order valence-electron chi connectivity index (χ0n) is 8.99. The summed E-state index contributed by atoms with van der Waals surface area (Å²) < 4.78 is 0. The van der Waals surface area contributed by atoms with Crippen LogP contribution in [0.4, 0.5) is 0 Å². The molecule has 0 saturated carbocycles. The van der Waals surface area contributed by atoms with E-state index in [4.69, 9.17) is 5.73 Å². The molecule has 14 heavy (non-hydrogen) atoms. The van der Waals surface area contributed by atoms with Gasteiger partial charge in [-0.2, -0.15) is 5.10 Å². The first kappa shape index (κ1) is 11.2. The van der Waals surface area contributed by atoms with Crippen molar-refractivity contribution in [2.75, 3.05) is 13.1 Å². The number of nitrogens with zero attached hydrogens (tertiary/aromatic N) is 2. The highest BCUT2D eigenvalue weighted by Crippen LogP contribution is 2.20. The second-order valence-corrected chi connectivity index (χ2v) is 3.54. The average Bonchev–Trinajstić information content (AvgIpc) is 2.47. The van der Waals surface area contributed by atoms with Crippen LogP contribution >= 0.6 is 0 Å². The van der Waals surface area contributed by atoms with Gasteiger partial charge in [0.15, 0.2) is 0 Å². The molecule has 0 bridgehead atoms. The van der Waals surface area contributed by atoms with Crippen LogP contribution < -0.4 is 5.73 Å². The van der Waals surface area contributed by atoms with Crippen molar-refractivity contribution in [3.05, 3.63) is 0 Å². The first-order valence-corrected chi connectivity index (χ1v) is 5.33. The third-order valence-electron chi connectivity index (χ3n) is 2.46. The Kier molecular flexibility index (Phi) is 4.07.